The van der Waals surface area contributed by atoms with Crippen molar-refractivity contribution in [3.63, 3.8) is 0 Å². The fourth-order valence-corrected chi connectivity index (χ4v) is 10.3. The first-order valence-electron chi connectivity index (χ1n) is 16.0. The van der Waals surface area contributed by atoms with E-state index in [4.69, 9.17) is 9.47 Å². The maximum atomic E-state index is 12.3. The normalized spacial score (nSPS) is 44.8. The van der Waals surface area contributed by atoms with Gasteiger partial charge in [-0.3, -0.25) is 9.59 Å². The topological polar surface area (TPSA) is 93.1 Å². The van der Waals surface area contributed by atoms with Gasteiger partial charge >= 0.3 is 11.9 Å². The summed E-state index contributed by atoms with van der Waals surface area (Å²) in [5.41, 5.74) is -2.30. The zero-order valence-electron chi connectivity index (χ0n) is 25.4. The quantitative estimate of drug-likeness (QED) is 0.362. The Morgan fingerprint density at radius 2 is 1.21 bits per heavy atom. The highest BCUT2D eigenvalue weighted by molar-refractivity contribution is 5.73. The zero-order chi connectivity index (χ0) is 28.4. The highest BCUT2D eigenvalue weighted by atomic mass is 16.6. The van der Waals surface area contributed by atoms with E-state index in [1.165, 1.54) is 38.5 Å². The minimum atomic E-state index is -0.829. The van der Waals surface area contributed by atoms with E-state index >= 15 is 0 Å². The standard InChI is InChI=1S/C18H30O2.C15H24O4/c1-5-12(2)16(19)20-17(3,4)18-9-13-6-14(10-18)8-15(7-13)11-18;1-3-10(2)12(16)19-15-6-11-4-13(17,8-15)7-14(18,5-11)9-15/h12-15H,5-11H2,1-4H3;10-11,17-18H,3-9H2,1-2H3. The van der Waals surface area contributed by atoms with Crippen LogP contribution in [0.5, 0.6) is 0 Å². The number of carbonyl (C=O) groups is 2. The van der Waals surface area contributed by atoms with Crippen molar-refractivity contribution in [1.29, 1.82) is 0 Å². The molecule has 0 aromatic heterocycles. The molecule has 6 heteroatoms. The monoisotopic (exact) mass is 546 g/mol. The molecule has 8 bridgehead atoms. The summed E-state index contributed by atoms with van der Waals surface area (Å²) < 4.78 is 11.8. The van der Waals surface area contributed by atoms with Crippen LogP contribution in [0.1, 0.15) is 131 Å². The van der Waals surface area contributed by atoms with Gasteiger partial charge in [0, 0.05) is 24.7 Å². The van der Waals surface area contributed by atoms with Crippen molar-refractivity contribution in [2.45, 2.75) is 154 Å². The molecule has 8 aliphatic rings. The maximum Gasteiger partial charge on any atom is 0.309 e. The van der Waals surface area contributed by atoms with Gasteiger partial charge in [0.1, 0.15) is 11.2 Å². The number of carbonyl (C=O) groups excluding carboxylic acids is 2. The average molecular weight is 547 g/mol. The van der Waals surface area contributed by atoms with E-state index in [0.29, 0.717) is 19.3 Å². The summed E-state index contributed by atoms with van der Waals surface area (Å²) in [5.74, 6) is 2.75. The molecular weight excluding hydrogens is 492 g/mol. The molecule has 0 aromatic rings. The molecule has 8 aliphatic carbocycles. The minimum Gasteiger partial charge on any atom is -0.459 e. The Kier molecular flexibility index (Phi) is 7.52. The lowest BCUT2D eigenvalue weighted by atomic mass is 9.46. The minimum absolute atomic E-state index is 0.00763. The van der Waals surface area contributed by atoms with Crippen LogP contribution >= 0.6 is 0 Å². The fourth-order valence-electron chi connectivity index (χ4n) is 10.3. The summed E-state index contributed by atoms with van der Waals surface area (Å²) in [5, 5.41) is 21.2. The predicted molar refractivity (Wildman–Crippen MR) is 150 cm³/mol. The van der Waals surface area contributed by atoms with Gasteiger partial charge in [-0.1, -0.05) is 27.7 Å². The Hall–Kier alpha value is -1.14. The van der Waals surface area contributed by atoms with E-state index < -0.39 is 16.8 Å². The van der Waals surface area contributed by atoms with Crippen LogP contribution < -0.4 is 0 Å². The van der Waals surface area contributed by atoms with Gasteiger partial charge in [-0.05, 0) is 108 Å². The number of rotatable bonds is 7. The van der Waals surface area contributed by atoms with E-state index in [1.807, 2.05) is 20.8 Å². The molecule has 0 aliphatic heterocycles. The van der Waals surface area contributed by atoms with Crippen molar-refractivity contribution >= 4 is 11.9 Å². The number of hydrogen-bond donors (Lipinski definition) is 2. The molecule has 39 heavy (non-hydrogen) atoms. The predicted octanol–water partition coefficient (Wildman–Crippen LogP) is 6.35. The first kappa shape index (κ1) is 29.4. The van der Waals surface area contributed by atoms with Crippen molar-refractivity contribution in [2.24, 2.45) is 40.9 Å². The lowest BCUT2D eigenvalue weighted by molar-refractivity contribution is -0.262. The lowest BCUT2D eigenvalue weighted by Gasteiger charge is -2.62. The molecule has 8 fully saturated rings. The van der Waals surface area contributed by atoms with E-state index in [-0.39, 0.29) is 40.7 Å². The van der Waals surface area contributed by atoms with Gasteiger partial charge in [0.2, 0.25) is 0 Å². The van der Waals surface area contributed by atoms with Crippen LogP contribution in [0, 0.1) is 40.9 Å². The number of esters is 2. The Balaban J connectivity index is 0.000000158. The van der Waals surface area contributed by atoms with E-state index in [0.717, 1.165) is 49.9 Å². The van der Waals surface area contributed by atoms with Crippen molar-refractivity contribution in [2.75, 3.05) is 0 Å². The third-order valence-electron chi connectivity index (χ3n) is 12.0. The summed E-state index contributed by atoms with van der Waals surface area (Å²) >= 11 is 0. The second kappa shape index (κ2) is 10.00. The van der Waals surface area contributed by atoms with Gasteiger partial charge in [-0.25, -0.2) is 0 Å². The molecule has 0 aromatic carbocycles. The zero-order valence-corrected chi connectivity index (χ0v) is 25.4. The van der Waals surface area contributed by atoms with E-state index in [9.17, 15) is 19.8 Å². The molecule has 4 atom stereocenters. The maximum absolute atomic E-state index is 12.3. The summed E-state index contributed by atoms with van der Waals surface area (Å²) in [6.45, 7) is 12.2. The van der Waals surface area contributed by atoms with Crippen molar-refractivity contribution in [1.82, 2.24) is 0 Å². The molecule has 4 unspecified atom stereocenters. The third-order valence-corrected chi connectivity index (χ3v) is 12.0. The van der Waals surface area contributed by atoms with Crippen LogP contribution in [-0.2, 0) is 19.1 Å². The SMILES string of the molecule is CCC(C)C(=O)OC(C)(C)C12CC3CC(CC(C3)C1)C2.CCC(C)C(=O)OC12CC3CC(O)(CC(O)(C3)C1)C2. The summed E-state index contributed by atoms with van der Waals surface area (Å²) in [7, 11) is 0. The molecule has 8 rings (SSSR count). The summed E-state index contributed by atoms with van der Waals surface area (Å²) in [4.78, 5) is 24.3. The molecule has 0 saturated heterocycles. The highest BCUT2D eigenvalue weighted by Crippen LogP contribution is 2.64. The first-order chi connectivity index (χ1) is 18.1. The molecule has 222 valence electrons. The molecule has 0 spiro atoms. The molecule has 0 heterocycles. The van der Waals surface area contributed by atoms with Gasteiger partial charge in [0.05, 0.1) is 23.0 Å². The van der Waals surface area contributed by atoms with Gasteiger partial charge in [0.15, 0.2) is 0 Å². The Bertz CT molecular complexity index is 901. The lowest BCUT2D eigenvalue weighted by Crippen LogP contribution is -2.67. The third kappa shape index (κ3) is 5.55. The highest BCUT2D eigenvalue weighted by Gasteiger charge is 2.64. The van der Waals surface area contributed by atoms with Crippen molar-refractivity contribution in [3.8, 4) is 0 Å². The van der Waals surface area contributed by atoms with Crippen LogP contribution in [0.2, 0.25) is 0 Å². The van der Waals surface area contributed by atoms with Crippen LogP contribution in [0.15, 0.2) is 0 Å². The van der Waals surface area contributed by atoms with Crippen LogP contribution in [0.25, 0.3) is 0 Å². The second-order valence-electron chi connectivity index (χ2n) is 15.8. The van der Waals surface area contributed by atoms with Gasteiger partial charge < -0.3 is 19.7 Å². The summed E-state index contributed by atoms with van der Waals surface area (Å²) in [6.07, 6.45) is 13.6. The molecule has 0 radical (unpaired) electrons. The number of ether oxygens (including phenoxy) is 2. The van der Waals surface area contributed by atoms with Gasteiger partial charge in [-0.15, -0.1) is 0 Å². The second-order valence-corrected chi connectivity index (χ2v) is 15.8. The molecular formula is C33H54O6. The van der Waals surface area contributed by atoms with Crippen molar-refractivity contribution < 1.29 is 29.3 Å². The van der Waals surface area contributed by atoms with E-state index in [1.54, 1.807) is 0 Å². The molecule has 0 amide bonds. The van der Waals surface area contributed by atoms with E-state index in [2.05, 4.69) is 20.8 Å². The van der Waals surface area contributed by atoms with Crippen molar-refractivity contribution in [3.05, 3.63) is 0 Å². The van der Waals surface area contributed by atoms with Crippen LogP contribution in [0.3, 0.4) is 0 Å². The molecule has 6 nitrogen and oxygen atoms in total. The van der Waals surface area contributed by atoms with Crippen LogP contribution in [-0.4, -0.2) is 44.6 Å². The average Bonchev–Trinajstić information content (AvgIpc) is 2.79. The Morgan fingerprint density at radius 3 is 1.64 bits per heavy atom. The number of hydrogen-bond acceptors (Lipinski definition) is 6. The smallest absolute Gasteiger partial charge is 0.309 e. The first-order valence-corrected chi connectivity index (χ1v) is 16.0. The van der Waals surface area contributed by atoms with Gasteiger partial charge in [-0.2, -0.15) is 0 Å². The Morgan fingerprint density at radius 1 is 0.744 bits per heavy atom. The molecule has 2 N–H and O–H groups in total. The number of aliphatic hydroxyl groups is 2. The summed E-state index contributed by atoms with van der Waals surface area (Å²) in [6, 6.07) is 0. The Labute approximate surface area is 236 Å². The largest absolute Gasteiger partial charge is 0.459 e. The van der Waals surface area contributed by atoms with Crippen LogP contribution in [0.4, 0.5) is 0 Å². The molecule has 8 saturated carbocycles. The fraction of sp³-hybridized carbons (Fsp3) is 0.939. The van der Waals surface area contributed by atoms with Gasteiger partial charge in [0.25, 0.3) is 0 Å².